The molecule has 2 aliphatic carbocycles. The van der Waals surface area contributed by atoms with Crippen LogP contribution >= 0.6 is 0 Å². The lowest BCUT2D eigenvalue weighted by molar-refractivity contribution is 0.00984. The minimum Gasteiger partial charge on any atom is -0.493 e. The number of rotatable bonds is 7. The van der Waals surface area contributed by atoms with E-state index in [1.54, 1.807) is 6.07 Å². The predicted molar refractivity (Wildman–Crippen MR) is 85.4 cm³/mol. The monoisotopic (exact) mass is 304 g/mol. The molecule has 0 bridgehead atoms. The van der Waals surface area contributed by atoms with Crippen molar-refractivity contribution < 1.29 is 13.9 Å². The maximum atomic E-state index is 14.1. The molecule has 2 nitrogen and oxygen atoms in total. The van der Waals surface area contributed by atoms with Gasteiger partial charge in [0.25, 0.3) is 0 Å². The van der Waals surface area contributed by atoms with Crippen molar-refractivity contribution in [2.24, 2.45) is 11.8 Å². The van der Waals surface area contributed by atoms with E-state index in [9.17, 15) is 4.39 Å². The van der Waals surface area contributed by atoms with Gasteiger partial charge in [0.15, 0.2) is 0 Å². The zero-order valence-corrected chi connectivity index (χ0v) is 13.1. The van der Waals surface area contributed by atoms with Crippen LogP contribution in [-0.4, -0.2) is 12.7 Å². The molecule has 120 valence electrons. The van der Waals surface area contributed by atoms with Crippen LogP contribution in [0.4, 0.5) is 4.39 Å². The summed E-state index contributed by atoms with van der Waals surface area (Å²) in [5.74, 6) is 1.70. The second-order valence-corrected chi connectivity index (χ2v) is 6.59. The van der Waals surface area contributed by atoms with Gasteiger partial charge in [-0.25, -0.2) is 4.39 Å². The molecule has 1 aromatic carbocycles. The first-order valence-electron chi connectivity index (χ1n) is 8.40. The highest BCUT2D eigenvalue weighted by Gasteiger charge is 2.22. The van der Waals surface area contributed by atoms with Crippen LogP contribution in [0.1, 0.15) is 44.1 Å². The lowest BCUT2D eigenvalue weighted by Crippen LogP contribution is -2.20. The zero-order chi connectivity index (χ0) is 15.4. The summed E-state index contributed by atoms with van der Waals surface area (Å²) < 4.78 is 25.6. The molecular formula is C19H25FO2. The van der Waals surface area contributed by atoms with Crippen molar-refractivity contribution in [2.75, 3.05) is 6.61 Å². The molecule has 0 atom stereocenters. The molecule has 0 heterocycles. The van der Waals surface area contributed by atoms with E-state index in [-0.39, 0.29) is 11.9 Å². The van der Waals surface area contributed by atoms with Gasteiger partial charge in [-0.2, -0.15) is 0 Å². The molecule has 0 spiro atoms. The molecule has 2 fully saturated rings. The average molecular weight is 304 g/mol. The Labute approximate surface area is 132 Å². The normalized spacial score (nSPS) is 25.0. The fourth-order valence-corrected chi connectivity index (χ4v) is 2.93. The molecule has 2 saturated carbocycles. The summed E-state index contributed by atoms with van der Waals surface area (Å²) in [4.78, 5) is 0. The predicted octanol–water partition coefficient (Wildman–Crippen LogP) is 4.88. The summed E-state index contributed by atoms with van der Waals surface area (Å²) in [7, 11) is 0. The summed E-state index contributed by atoms with van der Waals surface area (Å²) in [6.45, 7) is 4.91. The first kappa shape index (κ1) is 15.5. The number of allylic oxidation sites excluding steroid dienone is 1. The third-order valence-corrected chi connectivity index (χ3v) is 4.73. The van der Waals surface area contributed by atoms with E-state index < -0.39 is 0 Å². The molecule has 22 heavy (non-hydrogen) atoms. The fourth-order valence-electron chi connectivity index (χ4n) is 2.93. The molecule has 0 amide bonds. The fraction of sp³-hybridized carbons (Fsp3) is 0.579. The summed E-state index contributed by atoms with van der Waals surface area (Å²) >= 11 is 0. The molecule has 3 rings (SSSR count). The van der Waals surface area contributed by atoms with E-state index in [0.717, 1.165) is 25.7 Å². The Kier molecular flexibility index (Phi) is 5.14. The molecule has 2 aliphatic rings. The number of halogens is 1. The van der Waals surface area contributed by atoms with E-state index in [1.165, 1.54) is 18.9 Å². The van der Waals surface area contributed by atoms with Crippen molar-refractivity contribution in [2.45, 2.75) is 51.2 Å². The van der Waals surface area contributed by atoms with Gasteiger partial charge in [0.1, 0.15) is 11.6 Å². The Morgan fingerprint density at radius 2 is 1.91 bits per heavy atom. The van der Waals surface area contributed by atoms with Gasteiger partial charge in [-0.15, -0.1) is 6.58 Å². The van der Waals surface area contributed by atoms with Crippen molar-refractivity contribution in [3.05, 3.63) is 42.2 Å². The van der Waals surface area contributed by atoms with E-state index in [1.807, 2.05) is 12.1 Å². The highest BCUT2D eigenvalue weighted by atomic mass is 19.1. The maximum Gasteiger partial charge on any atom is 0.132 e. The molecule has 1 aromatic rings. The highest BCUT2D eigenvalue weighted by Crippen LogP contribution is 2.30. The molecule has 0 saturated heterocycles. The quantitative estimate of drug-likeness (QED) is 0.669. The van der Waals surface area contributed by atoms with Crippen LogP contribution in [0.5, 0.6) is 5.75 Å². The van der Waals surface area contributed by atoms with Crippen LogP contribution in [0.3, 0.4) is 0 Å². The van der Waals surface area contributed by atoms with Crippen molar-refractivity contribution >= 4 is 0 Å². The molecule has 0 unspecified atom stereocenters. The van der Waals surface area contributed by atoms with Crippen molar-refractivity contribution in [3.63, 3.8) is 0 Å². The van der Waals surface area contributed by atoms with Crippen LogP contribution in [0.2, 0.25) is 0 Å². The van der Waals surface area contributed by atoms with E-state index >= 15 is 0 Å². The van der Waals surface area contributed by atoms with Gasteiger partial charge in [0.05, 0.1) is 19.3 Å². The van der Waals surface area contributed by atoms with E-state index in [2.05, 4.69) is 6.58 Å². The van der Waals surface area contributed by atoms with Gasteiger partial charge in [0.2, 0.25) is 0 Å². The second kappa shape index (κ2) is 7.28. The van der Waals surface area contributed by atoms with Gasteiger partial charge in [-0.05, 0) is 56.4 Å². The minimum absolute atomic E-state index is 0.229. The molecule has 0 aliphatic heterocycles. The number of benzene rings is 1. The molecular weight excluding hydrogens is 279 g/mol. The summed E-state index contributed by atoms with van der Waals surface area (Å²) in [5, 5.41) is 0. The van der Waals surface area contributed by atoms with Crippen molar-refractivity contribution in [1.82, 2.24) is 0 Å². The average Bonchev–Trinajstić information content (AvgIpc) is 3.37. The summed E-state index contributed by atoms with van der Waals surface area (Å²) in [5.41, 5.74) is 0.615. The largest absolute Gasteiger partial charge is 0.493 e. The second-order valence-electron chi connectivity index (χ2n) is 6.59. The van der Waals surface area contributed by atoms with Gasteiger partial charge in [0, 0.05) is 11.6 Å². The van der Waals surface area contributed by atoms with Crippen LogP contribution in [0.15, 0.2) is 30.9 Å². The lowest BCUT2D eigenvalue weighted by Gasteiger charge is -2.26. The molecule has 3 heteroatoms. The Bertz CT molecular complexity index is 502. The number of ether oxygens (including phenoxy) is 2. The lowest BCUT2D eigenvalue weighted by atomic mass is 9.87. The number of hydrogen-bond acceptors (Lipinski definition) is 2. The van der Waals surface area contributed by atoms with Crippen LogP contribution < -0.4 is 4.74 Å². The van der Waals surface area contributed by atoms with E-state index in [0.29, 0.717) is 36.4 Å². The zero-order valence-electron chi connectivity index (χ0n) is 13.1. The standard InChI is InChI=1S/C19H25FO2/c1-2-14-5-8-17(9-6-14)22-13-16-7-10-18(11-19(16)20)21-12-15-3-4-15/h2,7,10-11,14-15,17H,1,3-6,8-9,12-13H2. The van der Waals surface area contributed by atoms with Crippen molar-refractivity contribution in [3.8, 4) is 5.75 Å². The minimum atomic E-state index is -0.229. The topological polar surface area (TPSA) is 18.5 Å². The third kappa shape index (κ3) is 4.33. The summed E-state index contributed by atoms with van der Waals surface area (Å²) in [6.07, 6.45) is 9.11. The highest BCUT2D eigenvalue weighted by molar-refractivity contribution is 5.28. The third-order valence-electron chi connectivity index (χ3n) is 4.73. The van der Waals surface area contributed by atoms with Gasteiger partial charge >= 0.3 is 0 Å². The van der Waals surface area contributed by atoms with Crippen LogP contribution in [-0.2, 0) is 11.3 Å². The van der Waals surface area contributed by atoms with Crippen LogP contribution in [0.25, 0.3) is 0 Å². The Hall–Kier alpha value is -1.35. The van der Waals surface area contributed by atoms with Gasteiger partial charge in [-0.1, -0.05) is 12.1 Å². The first-order chi connectivity index (χ1) is 10.7. The Morgan fingerprint density at radius 3 is 2.55 bits per heavy atom. The Balaban J connectivity index is 1.46. The van der Waals surface area contributed by atoms with Gasteiger partial charge < -0.3 is 9.47 Å². The Morgan fingerprint density at radius 1 is 1.14 bits per heavy atom. The molecule has 0 aromatic heterocycles. The van der Waals surface area contributed by atoms with Crippen LogP contribution in [0, 0.1) is 17.7 Å². The van der Waals surface area contributed by atoms with Gasteiger partial charge in [-0.3, -0.25) is 0 Å². The molecule has 0 N–H and O–H groups in total. The first-order valence-corrected chi connectivity index (χ1v) is 8.40. The smallest absolute Gasteiger partial charge is 0.132 e. The SMILES string of the molecule is C=CC1CCC(OCc2ccc(OCC3CC3)cc2F)CC1. The molecule has 0 radical (unpaired) electrons. The van der Waals surface area contributed by atoms with E-state index in [4.69, 9.17) is 9.47 Å². The summed E-state index contributed by atoms with van der Waals surface area (Å²) in [6, 6.07) is 5.11. The number of hydrogen-bond donors (Lipinski definition) is 0. The van der Waals surface area contributed by atoms with Crippen molar-refractivity contribution in [1.29, 1.82) is 0 Å². The maximum absolute atomic E-state index is 14.1.